The molecule has 1 saturated heterocycles. The number of piperidine rings is 1. The molecule has 1 aliphatic rings. The molecule has 20 heavy (non-hydrogen) atoms. The standard InChI is InChI=1S/C14H22N4O2/c1-3-20-14-11(15)6-7-12(17-14)18-8-4-5-10(9-18)13(19)16-2/h6-7,10H,3-5,8-9,15H2,1-2H3,(H,16,19). The Labute approximate surface area is 119 Å². The largest absolute Gasteiger partial charge is 0.476 e. The van der Waals surface area contributed by atoms with Gasteiger partial charge in [-0.05, 0) is 31.9 Å². The molecule has 0 bridgehead atoms. The van der Waals surface area contributed by atoms with E-state index in [1.165, 1.54) is 0 Å². The van der Waals surface area contributed by atoms with Gasteiger partial charge in [0.2, 0.25) is 11.8 Å². The number of anilines is 2. The van der Waals surface area contributed by atoms with Gasteiger partial charge in [-0.25, -0.2) is 0 Å². The molecule has 0 radical (unpaired) electrons. The third-order valence-electron chi connectivity index (χ3n) is 3.52. The lowest BCUT2D eigenvalue weighted by Crippen LogP contribution is -2.42. The van der Waals surface area contributed by atoms with Crippen molar-refractivity contribution >= 4 is 17.4 Å². The van der Waals surface area contributed by atoms with E-state index in [0.29, 0.717) is 24.7 Å². The molecule has 2 heterocycles. The lowest BCUT2D eigenvalue weighted by atomic mass is 9.97. The van der Waals surface area contributed by atoms with Gasteiger partial charge in [0.05, 0.1) is 18.2 Å². The van der Waals surface area contributed by atoms with E-state index in [-0.39, 0.29) is 11.8 Å². The lowest BCUT2D eigenvalue weighted by molar-refractivity contribution is -0.124. The SMILES string of the molecule is CCOc1nc(N2CCCC(C(=O)NC)C2)ccc1N. The lowest BCUT2D eigenvalue weighted by Gasteiger charge is -2.32. The second kappa shape index (κ2) is 6.45. The predicted octanol–water partition coefficient (Wildman–Crippen LogP) is 1.02. The van der Waals surface area contributed by atoms with E-state index in [9.17, 15) is 4.79 Å². The Morgan fingerprint density at radius 1 is 1.60 bits per heavy atom. The third kappa shape index (κ3) is 3.12. The molecule has 0 saturated carbocycles. The van der Waals surface area contributed by atoms with E-state index in [0.717, 1.165) is 25.2 Å². The van der Waals surface area contributed by atoms with Crippen LogP contribution in [-0.4, -0.2) is 37.6 Å². The van der Waals surface area contributed by atoms with Crippen LogP contribution in [0.25, 0.3) is 0 Å². The van der Waals surface area contributed by atoms with Crippen LogP contribution in [0.3, 0.4) is 0 Å². The van der Waals surface area contributed by atoms with E-state index in [4.69, 9.17) is 10.5 Å². The number of aromatic nitrogens is 1. The summed E-state index contributed by atoms with van der Waals surface area (Å²) in [7, 11) is 1.68. The summed E-state index contributed by atoms with van der Waals surface area (Å²) in [5.74, 6) is 1.39. The molecule has 0 aliphatic carbocycles. The number of carbonyl (C=O) groups excluding carboxylic acids is 1. The molecular weight excluding hydrogens is 256 g/mol. The van der Waals surface area contributed by atoms with Crippen molar-refractivity contribution in [3.05, 3.63) is 12.1 Å². The first-order valence-electron chi connectivity index (χ1n) is 7.01. The van der Waals surface area contributed by atoms with Gasteiger partial charge in [-0.3, -0.25) is 4.79 Å². The third-order valence-corrected chi connectivity index (χ3v) is 3.52. The monoisotopic (exact) mass is 278 g/mol. The molecule has 1 fully saturated rings. The van der Waals surface area contributed by atoms with Crippen molar-refractivity contribution in [3.8, 4) is 5.88 Å². The smallest absolute Gasteiger partial charge is 0.239 e. The highest BCUT2D eigenvalue weighted by Crippen LogP contribution is 2.26. The maximum atomic E-state index is 11.8. The summed E-state index contributed by atoms with van der Waals surface area (Å²) in [6, 6.07) is 3.68. The van der Waals surface area contributed by atoms with Gasteiger partial charge >= 0.3 is 0 Å². The minimum atomic E-state index is 0.0173. The fourth-order valence-electron chi connectivity index (χ4n) is 2.47. The summed E-state index contributed by atoms with van der Waals surface area (Å²) >= 11 is 0. The van der Waals surface area contributed by atoms with E-state index in [1.807, 2.05) is 13.0 Å². The molecule has 110 valence electrons. The zero-order chi connectivity index (χ0) is 14.5. The average Bonchev–Trinajstić information content (AvgIpc) is 2.49. The second-order valence-electron chi connectivity index (χ2n) is 4.90. The Balaban J connectivity index is 2.14. The molecule has 6 heteroatoms. The van der Waals surface area contributed by atoms with E-state index in [1.54, 1.807) is 13.1 Å². The molecule has 1 aliphatic heterocycles. The maximum absolute atomic E-state index is 11.8. The minimum Gasteiger partial charge on any atom is -0.476 e. The van der Waals surface area contributed by atoms with Gasteiger partial charge in [0.25, 0.3) is 0 Å². The number of nitrogen functional groups attached to an aromatic ring is 1. The number of amides is 1. The zero-order valence-electron chi connectivity index (χ0n) is 12.1. The van der Waals surface area contributed by atoms with Gasteiger partial charge in [0, 0.05) is 20.1 Å². The average molecular weight is 278 g/mol. The number of hydrogen-bond donors (Lipinski definition) is 2. The molecule has 1 amide bonds. The first-order valence-corrected chi connectivity index (χ1v) is 7.01. The quantitative estimate of drug-likeness (QED) is 0.859. The van der Waals surface area contributed by atoms with E-state index >= 15 is 0 Å². The van der Waals surface area contributed by atoms with Crippen molar-refractivity contribution in [3.63, 3.8) is 0 Å². The van der Waals surface area contributed by atoms with Crippen LogP contribution in [0.1, 0.15) is 19.8 Å². The number of nitrogens with zero attached hydrogens (tertiary/aromatic N) is 2. The van der Waals surface area contributed by atoms with Gasteiger partial charge in [0.15, 0.2) is 0 Å². The van der Waals surface area contributed by atoms with Crippen LogP contribution in [0, 0.1) is 5.92 Å². The fraction of sp³-hybridized carbons (Fsp3) is 0.571. The van der Waals surface area contributed by atoms with Crippen LogP contribution >= 0.6 is 0 Å². The molecule has 6 nitrogen and oxygen atoms in total. The Bertz CT molecular complexity index is 478. The van der Waals surface area contributed by atoms with Gasteiger partial charge in [-0.15, -0.1) is 0 Å². The van der Waals surface area contributed by atoms with Crippen molar-refractivity contribution in [2.75, 3.05) is 37.4 Å². The van der Waals surface area contributed by atoms with Crippen molar-refractivity contribution in [2.45, 2.75) is 19.8 Å². The van der Waals surface area contributed by atoms with Crippen LogP contribution in [-0.2, 0) is 4.79 Å². The van der Waals surface area contributed by atoms with Gasteiger partial charge < -0.3 is 20.7 Å². The Kier molecular flexibility index (Phi) is 4.65. The molecule has 0 spiro atoms. The van der Waals surface area contributed by atoms with Crippen molar-refractivity contribution < 1.29 is 9.53 Å². The number of nitrogens with one attached hydrogen (secondary N) is 1. The van der Waals surface area contributed by atoms with Gasteiger partial charge in [0.1, 0.15) is 5.82 Å². The number of rotatable bonds is 4. The summed E-state index contributed by atoms with van der Waals surface area (Å²) < 4.78 is 5.42. The number of hydrogen-bond acceptors (Lipinski definition) is 5. The molecule has 1 atom stereocenters. The highest BCUT2D eigenvalue weighted by Gasteiger charge is 2.26. The van der Waals surface area contributed by atoms with E-state index < -0.39 is 0 Å². The normalized spacial score (nSPS) is 18.7. The second-order valence-corrected chi connectivity index (χ2v) is 4.90. The highest BCUT2D eigenvalue weighted by molar-refractivity contribution is 5.79. The van der Waals surface area contributed by atoms with Crippen molar-refractivity contribution in [1.82, 2.24) is 10.3 Å². The molecular formula is C14H22N4O2. The summed E-state index contributed by atoms with van der Waals surface area (Å²) in [5.41, 5.74) is 6.37. The molecule has 1 unspecified atom stereocenters. The molecule has 2 rings (SSSR count). The van der Waals surface area contributed by atoms with Crippen LogP contribution in [0.2, 0.25) is 0 Å². The van der Waals surface area contributed by atoms with Crippen molar-refractivity contribution in [1.29, 1.82) is 0 Å². The molecule has 0 aromatic carbocycles. The van der Waals surface area contributed by atoms with Crippen molar-refractivity contribution in [2.24, 2.45) is 5.92 Å². The Morgan fingerprint density at radius 3 is 3.10 bits per heavy atom. The Hall–Kier alpha value is -1.98. The molecule has 1 aromatic rings. The first-order chi connectivity index (χ1) is 9.65. The topological polar surface area (TPSA) is 80.5 Å². The summed E-state index contributed by atoms with van der Waals surface area (Å²) in [6.45, 7) is 4.01. The number of ether oxygens (including phenoxy) is 1. The van der Waals surface area contributed by atoms with Crippen LogP contribution in [0.5, 0.6) is 5.88 Å². The highest BCUT2D eigenvalue weighted by atomic mass is 16.5. The number of carbonyl (C=O) groups is 1. The summed E-state index contributed by atoms with van der Waals surface area (Å²) in [5, 5.41) is 2.72. The number of nitrogens with two attached hydrogens (primary N) is 1. The van der Waals surface area contributed by atoms with E-state index in [2.05, 4.69) is 15.2 Å². The van der Waals surface area contributed by atoms with Crippen LogP contribution in [0.15, 0.2) is 12.1 Å². The maximum Gasteiger partial charge on any atom is 0.239 e. The Morgan fingerprint density at radius 2 is 2.40 bits per heavy atom. The first kappa shape index (κ1) is 14.4. The molecule has 1 aromatic heterocycles. The number of pyridine rings is 1. The summed E-state index contributed by atoms with van der Waals surface area (Å²) in [4.78, 5) is 18.3. The van der Waals surface area contributed by atoms with Gasteiger partial charge in [-0.2, -0.15) is 4.98 Å². The minimum absolute atomic E-state index is 0.0173. The summed E-state index contributed by atoms with van der Waals surface area (Å²) in [6.07, 6.45) is 1.90. The predicted molar refractivity (Wildman–Crippen MR) is 78.8 cm³/mol. The zero-order valence-corrected chi connectivity index (χ0v) is 12.1. The van der Waals surface area contributed by atoms with Crippen LogP contribution < -0.4 is 20.7 Å². The van der Waals surface area contributed by atoms with Crippen LogP contribution in [0.4, 0.5) is 11.5 Å². The molecule has 3 N–H and O–H groups in total. The fourth-order valence-corrected chi connectivity index (χ4v) is 2.47. The van der Waals surface area contributed by atoms with Gasteiger partial charge in [-0.1, -0.05) is 0 Å².